The molecule has 2 amide bonds. The van der Waals surface area contributed by atoms with Crippen molar-refractivity contribution in [1.82, 2.24) is 45.0 Å². The van der Waals surface area contributed by atoms with Crippen molar-refractivity contribution in [3.8, 4) is 34.5 Å². The number of phenols is 1. The fraction of sp³-hybridized carbons (Fsp3) is 0.491. The van der Waals surface area contributed by atoms with Gasteiger partial charge in [-0.3, -0.25) is 14.5 Å². The molecule has 1 aliphatic carbocycles. The number of aromatic nitrogens is 6. The van der Waals surface area contributed by atoms with Crippen molar-refractivity contribution in [3.05, 3.63) is 109 Å². The smallest absolute Gasteiger partial charge is 0.254 e. The van der Waals surface area contributed by atoms with Crippen LogP contribution in [0.5, 0.6) is 17.5 Å². The minimum absolute atomic E-state index is 0.0663. The third kappa shape index (κ3) is 10.9. The Morgan fingerprint density at radius 1 is 0.842 bits per heavy atom. The van der Waals surface area contributed by atoms with E-state index in [1.807, 2.05) is 87.1 Å². The number of imidazole rings is 1. The van der Waals surface area contributed by atoms with Crippen molar-refractivity contribution < 1.29 is 33.4 Å². The number of anilines is 3. The maximum absolute atomic E-state index is 14.2. The highest BCUT2D eigenvalue weighted by Crippen LogP contribution is 2.41. The third-order valence-corrected chi connectivity index (χ3v) is 16.2. The van der Waals surface area contributed by atoms with Gasteiger partial charge in [-0.1, -0.05) is 38.1 Å². The summed E-state index contributed by atoms with van der Waals surface area (Å²) in [6.07, 6.45) is 13.1. The lowest BCUT2D eigenvalue weighted by atomic mass is 9.91. The van der Waals surface area contributed by atoms with Gasteiger partial charge in [0, 0.05) is 112 Å². The Labute approximate surface area is 443 Å². The van der Waals surface area contributed by atoms with Gasteiger partial charge in [0.1, 0.15) is 36.2 Å². The highest BCUT2D eigenvalue weighted by Gasteiger charge is 2.43. The van der Waals surface area contributed by atoms with Gasteiger partial charge in [-0.15, -0.1) is 10.2 Å². The van der Waals surface area contributed by atoms with Crippen LogP contribution in [-0.2, 0) is 14.3 Å². The number of aromatic hydroxyl groups is 1. The van der Waals surface area contributed by atoms with E-state index in [4.69, 9.17) is 24.5 Å². The predicted molar refractivity (Wildman–Crippen MR) is 286 cm³/mol. The number of nitrogens with two attached hydrogens (primary N) is 1. The molecule has 4 aliphatic heterocycles. The minimum Gasteiger partial charge on any atom is -0.507 e. The molecule has 5 atom stereocenters. The molecule has 76 heavy (non-hydrogen) atoms. The summed E-state index contributed by atoms with van der Waals surface area (Å²) in [7, 11) is 0. The summed E-state index contributed by atoms with van der Waals surface area (Å²) < 4.78 is 26.8. The largest absolute Gasteiger partial charge is 0.507 e. The Kier molecular flexibility index (Phi) is 14.8. The van der Waals surface area contributed by atoms with Crippen LogP contribution in [0.2, 0.25) is 0 Å². The number of nitrogens with zero attached hydrogens (tertiary/aromatic N) is 10. The molecule has 1 saturated carbocycles. The number of benzene rings is 2. The first-order chi connectivity index (χ1) is 36.9. The normalized spacial score (nSPS) is 22.6. The van der Waals surface area contributed by atoms with Crippen LogP contribution >= 0.6 is 0 Å². The number of phenolic OH excluding ortho intramolecular Hbond substituents is 1. The zero-order valence-electron chi connectivity index (χ0n) is 43.9. The summed E-state index contributed by atoms with van der Waals surface area (Å²) >= 11 is 0. The highest BCUT2D eigenvalue weighted by atomic mass is 16.5. The monoisotopic (exact) mass is 1030 g/mol. The number of carbonyl (C=O) groups is 2. The van der Waals surface area contributed by atoms with Gasteiger partial charge in [-0.05, 0) is 105 Å². The molecule has 19 nitrogen and oxygen atoms in total. The summed E-state index contributed by atoms with van der Waals surface area (Å²) in [5.74, 6) is 1.91. The van der Waals surface area contributed by atoms with Crippen LogP contribution in [0, 0.1) is 12.8 Å². The van der Waals surface area contributed by atoms with Crippen LogP contribution in [0.25, 0.3) is 16.9 Å². The molecular formula is C57H70N12O7. The first-order valence-corrected chi connectivity index (χ1v) is 27.2. The first-order valence-electron chi connectivity index (χ1n) is 27.2. The zero-order valence-corrected chi connectivity index (χ0v) is 43.9. The van der Waals surface area contributed by atoms with E-state index < -0.39 is 12.0 Å². The fourth-order valence-corrected chi connectivity index (χ4v) is 12.0. The molecule has 19 heteroatoms. The van der Waals surface area contributed by atoms with Crippen molar-refractivity contribution in [3.63, 3.8) is 0 Å². The van der Waals surface area contributed by atoms with E-state index in [9.17, 15) is 14.7 Å². The van der Waals surface area contributed by atoms with E-state index in [1.54, 1.807) is 29.3 Å². The van der Waals surface area contributed by atoms with Crippen LogP contribution in [0.4, 0.5) is 17.2 Å². The van der Waals surface area contributed by atoms with E-state index in [-0.39, 0.29) is 47.8 Å². The lowest BCUT2D eigenvalue weighted by Gasteiger charge is -2.43. The SMILES string of the molecule is Cc1nccn1-c1ccc([C@H](C)NC(=O)[C@@H]2CCCN2C(=O)[C@@H](c2cc(OCCN3CCC(O[C@H]4C[C@H](Oc5cc(N6C7CCC6CN(c6cc(-c8ccccc8O)nnc6N)C7)ccn5)C4)CC3)no2)C(C)C)cc1. The lowest BCUT2D eigenvalue weighted by Crippen LogP contribution is -2.54. The second-order valence-corrected chi connectivity index (χ2v) is 21.6. The van der Waals surface area contributed by atoms with Crippen LogP contribution in [0.3, 0.4) is 0 Å². The van der Waals surface area contributed by atoms with Crippen molar-refractivity contribution in [2.45, 2.75) is 127 Å². The number of amides is 2. The molecule has 6 aromatic rings. The summed E-state index contributed by atoms with van der Waals surface area (Å²) in [6, 6.07) is 22.8. The number of ether oxygens (including phenoxy) is 3. The molecule has 2 bridgehead atoms. The number of likely N-dealkylation sites (tertiary alicyclic amines) is 2. The van der Waals surface area contributed by atoms with Crippen LogP contribution < -0.4 is 30.3 Å². The second kappa shape index (κ2) is 22.1. The van der Waals surface area contributed by atoms with Gasteiger partial charge in [0.2, 0.25) is 17.7 Å². The van der Waals surface area contributed by atoms with E-state index in [1.165, 1.54) is 0 Å². The standard InChI is InChI=1S/C57H70N12O7/c1-35(2)54(57(72)68-22-7-9-48(68)56(71)61-36(3)38-11-13-39(14-12-38)67-25-21-59-37(67)4)51-32-53(64-76-51)73-27-26-65-23-18-43(19-24-65)74-44-29-45(30-44)75-52-28-40(17-20-60-52)69-41-15-16-42(69)34-66(33-41)49-31-47(62-63-55(49)58)46-8-5-6-10-50(46)70/h5-6,8,10-14,17,20-21,25,28,31-32,35-36,41-45,48,54,70H,7,9,15-16,18-19,22-24,26-27,29-30,33-34H2,1-4H3,(H2,58,63)(H,61,71)/t36-,41?,42?,44-,45-,48-,54+/m0/s1. The average Bonchev–Trinajstić information content (AvgIpc) is 4.24. The molecule has 4 N–H and O–H groups in total. The van der Waals surface area contributed by atoms with E-state index in [0.29, 0.717) is 66.3 Å². The maximum Gasteiger partial charge on any atom is 0.254 e. The number of piperazine rings is 1. The Hall–Kier alpha value is -7.25. The Bertz CT molecular complexity index is 2960. The van der Waals surface area contributed by atoms with Crippen LogP contribution in [0.15, 0.2) is 95.9 Å². The van der Waals surface area contributed by atoms with Gasteiger partial charge < -0.3 is 54.2 Å². The minimum atomic E-state index is -0.602. The molecule has 11 rings (SSSR count). The van der Waals surface area contributed by atoms with Gasteiger partial charge in [0.25, 0.3) is 5.88 Å². The molecule has 5 fully saturated rings. The Balaban J connectivity index is 0.596. The van der Waals surface area contributed by atoms with Crippen molar-refractivity contribution in [2.75, 3.05) is 61.4 Å². The summed E-state index contributed by atoms with van der Waals surface area (Å²) in [6.45, 7) is 13.0. The molecule has 0 spiro atoms. The van der Waals surface area contributed by atoms with Crippen LogP contribution in [0.1, 0.15) is 101 Å². The van der Waals surface area contributed by atoms with Gasteiger partial charge in [0.05, 0.1) is 29.6 Å². The van der Waals surface area contributed by atoms with E-state index >= 15 is 0 Å². The third-order valence-electron chi connectivity index (χ3n) is 16.2. The quantitative estimate of drug-likeness (QED) is 0.0773. The molecule has 4 saturated heterocycles. The number of piperidine rings is 1. The maximum atomic E-state index is 14.2. The second-order valence-electron chi connectivity index (χ2n) is 21.6. The van der Waals surface area contributed by atoms with Gasteiger partial charge in [-0.25, -0.2) is 9.97 Å². The number of para-hydroxylation sites is 1. The fourth-order valence-electron chi connectivity index (χ4n) is 12.0. The van der Waals surface area contributed by atoms with Gasteiger partial charge in [-0.2, -0.15) is 0 Å². The summed E-state index contributed by atoms with van der Waals surface area (Å²) in [4.78, 5) is 45.8. The Morgan fingerprint density at radius 3 is 2.36 bits per heavy atom. The molecule has 2 unspecified atom stereocenters. The van der Waals surface area contributed by atoms with Crippen molar-refractivity contribution >= 4 is 29.0 Å². The van der Waals surface area contributed by atoms with E-state index in [0.717, 1.165) is 106 Å². The number of nitrogen functional groups attached to an aromatic ring is 1. The highest BCUT2D eigenvalue weighted by molar-refractivity contribution is 5.91. The van der Waals surface area contributed by atoms with Crippen molar-refractivity contribution in [1.29, 1.82) is 0 Å². The molecule has 0 radical (unpaired) electrons. The molecular weight excluding hydrogens is 965 g/mol. The van der Waals surface area contributed by atoms with E-state index in [2.05, 4.69) is 57.5 Å². The number of carbonyl (C=O) groups excluding carboxylic acids is 2. The zero-order chi connectivity index (χ0) is 52.5. The number of hydrogen-bond donors (Lipinski definition) is 3. The lowest BCUT2D eigenvalue weighted by molar-refractivity contribution is -0.141. The number of hydrogen-bond acceptors (Lipinski definition) is 16. The summed E-state index contributed by atoms with van der Waals surface area (Å²) in [5.41, 5.74) is 11.6. The molecule has 8 heterocycles. The Morgan fingerprint density at radius 2 is 1.62 bits per heavy atom. The number of aryl methyl sites for hydroxylation is 1. The number of fused-ring (bicyclic) bond motifs is 2. The topological polar surface area (TPSA) is 216 Å². The van der Waals surface area contributed by atoms with Crippen molar-refractivity contribution in [2.24, 2.45) is 5.92 Å². The molecule has 400 valence electrons. The molecule has 5 aliphatic rings. The number of rotatable bonds is 18. The number of pyridine rings is 1. The molecule has 4 aromatic heterocycles. The number of nitrogens with one attached hydrogen (secondary N) is 1. The summed E-state index contributed by atoms with van der Waals surface area (Å²) in [5, 5.41) is 26.4. The predicted octanol–water partition coefficient (Wildman–Crippen LogP) is 7.24. The van der Waals surface area contributed by atoms with Gasteiger partial charge in [0.15, 0.2) is 11.6 Å². The van der Waals surface area contributed by atoms with Crippen LogP contribution in [-0.4, -0.2) is 139 Å². The van der Waals surface area contributed by atoms with Gasteiger partial charge >= 0.3 is 0 Å². The average molecular weight is 1040 g/mol. The first kappa shape index (κ1) is 50.9. The molecule has 2 aromatic carbocycles.